The molecule has 0 spiro atoms. The topological polar surface area (TPSA) is 106 Å². The maximum absolute atomic E-state index is 7.89. The fourth-order valence-corrected chi connectivity index (χ4v) is 0.238. The average Bonchev–Trinajstić information content (AvgIpc) is 1.79. The van der Waals surface area contributed by atoms with Crippen LogP contribution in [0.5, 0.6) is 0 Å². The van der Waals surface area contributed by atoms with Gasteiger partial charge in [0.25, 0.3) is 0 Å². The minimum absolute atomic E-state index is 0.232. The molecule has 0 bridgehead atoms. The largest absolute Gasteiger partial charge is 0.266 e. The molecule has 0 fully saturated rings. The van der Waals surface area contributed by atoms with Crippen molar-refractivity contribution in [3.63, 3.8) is 0 Å². The van der Waals surface area contributed by atoms with Crippen LogP contribution < -0.4 is 0 Å². The Bertz CT molecular complexity index is 66.1. The zero-order valence-electron chi connectivity index (χ0n) is 4.91. The highest BCUT2D eigenvalue weighted by Crippen LogP contribution is 1.80. The van der Waals surface area contributed by atoms with Crippen molar-refractivity contribution in [3.8, 4) is 0 Å². The summed E-state index contributed by atoms with van der Waals surface area (Å²) in [6.07, 6.45) is 0. The third-order valence-corrected chi connectivity index (χ3v) is 0.497. The van der Waals surface area contributed by atoms with Crippen molar-refractivity contribution in [2.75, 3.05) is 13.2 Å². The van der Waals surface area contributed by atoms with Gasteiger partial charge in [-0.3, -0.25) is 20.8 Å². The van der Waals surface area contributed by atoms with Crippen molar-refractivity contribution in [2.24, 2.45) is 0 Å². The Morgan fingerprint density at radius 3 is 1.30 bits per heavy atom. The summed E-state index contributed by atoms with van der Waals surface area (Å²) in [5.41, 5.74) is 0. The van der Waals surface area contributed by atoms with Crippen molar-refractivity contribution in [3.05, 3.63) is 0 Å². The van der Waals surface area contributed by atoms with Gasteiger partial charge in [0.15, 0.2) is 0 Å². The first-order valence-corrected chi connectivity index (χ1v) is 2.24. The standard InChI is InChI=1S/C2H8N2O6/c5-3(6)9-1-2-10-4(7)8/h5-8H,1-2H2. The van der Waals surface area contributed by atoms with Crippen molar-refractivity contribution in [1.29, 1.82) is 0 Å². The average molecular weight is 156 g/mol. The molecule has 0 aliphatic carbocycles. The van der Waals surface area contributed by atoms with E-state index in [4.69, 9.17) is 20.8 Å². The molecule has 8 heteroatoms. The minimum Gasteiger partial charge on any atom is -0.266 e. The molecule has 0 aliphatic heterocycles. The maximum Gasteiger partial charge on any atom is 0.0992 e. The summed E-state index contributed by atoms with van der Waals surface area (Å²) < 4.78 is 0. The molecular weight excluding hydrogens is 148 g/mol. The van der Waals surface area contributed by atoms with Crippen molar-refractivity contribution >= 4 is 0 Å². The lowest BCUT2D eigenvalue weighted by Gasteiger charge is -2.07. The number of rotatable bonds is 5. The fraction of sp³-hybridized carbons (Fsp3) is 1.00. The second kappa shape index (κ2) is 5.46. The highest BCUT2D eigenvalue weighted by Gasteiger charge is 1.96. The Morgan fingerprint density at radius 1 is 0.800 bits per heavy atom. The van der Waals surface area contributed by atoms with Crippen molar-refractivity contribution < 1.29 is 30.5 Å². The molecule has 0 heterocycles. The van der Waals surface area contributed by atoms with Gasteiger partial charge in [0, 0.05) is 0 Å². The number of nitrogens with zero attached hydrogens (tertiary/aromatic N) is 2. The molecule has 62 valence electrons. The van der Waals surface area contributed by atoms with Crippen LogP contribution in [0.3, 0.4) is 0 Å². The third-order valence-electron chi connectivity index (χ3n) is 0.497. The molecule has 0 amide bonds. The van der Waals surface area contributed by atoms with E-state index in [1.807, 2.05) is 0 Å². The molecule has 10 heavy (non-hydrogen) atoms. The Morgan fingerprint density at radius 2 is 1.10 bits per heavy atom. The van der Waals surface area contributed by atoms with E-state index in [1.54, 1.807) is 0 Å². The van der Waals surface area contributed by atoms with Crippen molar-refractivity contribution in [2.45, 2.75) is 0 Å². The van der Waals surface area contributed by atoms with E-state index in [9.17, 15) is 0 Å². The number of hydrogen-bond acceptors (Lipinski definition) is 8. The van der Waals surface area contributed by atoms with Gasteiger partial charge in [-0.15, -0.1) is 0 Å². The Kier molecular flexibility index (Phi) is 5.29. The van der Waals surface area contributed by atoms with Crippen LogP contribution in [0.25, 0.3) is 0 Å². The molecule has 0 unspecified atom stereocenters. The molecule has 0 aliphatic rings. The van der Waals surface area contributed by atoms with Crippen LogP contribution in [-0.2, 0) is 9.68 Å². The maximum atomic E-state index is 7.89. The molecule has 0 saturated heterocycles. The predicted octanol–water partition coefficient (Wildman–Crippen LogP) is -0.990. The molecule has 0 atom stereocenters. The first-order valence-electron chi connectivity index (χ1n) is 2.24. The Labute approximate surface area is 55.8 Å². The minimum atomic E-state index is -0.511. The first-order chi connectivity index (χ1) is 4.63. The third kappa shape index (κ3) is 7.68. The van der Waals surface area contributed by atoms with E-state index in [0.717, 1.165) is 0 Å². The van der Waals surface area contributed by atoms with E-state index in [2.05, 4.69) is 9.68 Å². The van der Waals surface area contributed by atoms with Gasteiger partial charge in [-0.2, -0.15) is 0 Å². The molecule has 0 radical (unpaired) electrons. The van der Waals surface area contributed by atoms with Gasteiger partial charge < -0.3 is 0 Å². The van der Waals surface area contributed by atoms with E-state index < -0.39 is 10.8 Å². The van der Waals surface area contributed by atoms with Gasteiger partial charge in [-0.05, 0) is 0 Å². The smallest absolute Gasteiger partial charge is 0.0992 e. The van der Waals surface area contributed by atoms with Gasteiger partial charge in [-0.1, -0.05) is 0 Å². The van der Waals surface area contributed by atoms with Gasteiger partial charge in [-0.25, -0.2) is 9.68 Å². The van der Waals surface area contributed by atoms with Gasteiger partial charge in [0.1, 0.15) is 0 Å². The predicted molar refractivity (Wildman–Crippen MR) is 22.7 cm³/mol. The second-order valence-electron chi connectivity index (χ2n) is 1.17. The zero-order valence-corrected chi connectivity index (χ0v) is 4.91. The van der Waals surface area contributed by atoms with Gasteiger partial charge in [0.05, 0.1) is 24.0 Å². The lowest BCUT2D eigenvalue weighted by molar-refractivity contribution is -0.515. The van der Waals surface area contributed by atoms with Crippen LogP contribution in [0, 0.1) is 0 Å². The van der Waals surface area contributed by atoms with Crippen LogP contribution in [-0.4, -0.2) is 44.8 Å². The van der Waals surface area contributed by atoms with Crippen LogP contribution in [0.2, 0.25) is 0 Å². The van der Waals surface area contributed by atoms with Crippen LogP contribution >= 0.6 is 0 Å². The lowest BCUT2D eigenvalue weighted by Crippen LogP contribution is -2.22. The van der Waals surface area contributed by atoms with E-state index >= 15 is 0 Å². The summed E-state index contributed by atoms with van der Waals surface area (Å²) in [7, 11) is 0. The summed E-state index contributed by atoms with van der Waals surface area (Å²) in [6.45, 7) is -0.463. The Hall–Kier alpha value is -0.320. The molecule has 4 N–H and O–H groups in total. The molecule has 0 aromatic carbocycles. The molecule has 0 saturated carbocycles. The summed E-state index contributed by atoms with van der Waals surface area (Å²) in [4.78, 5) is 7.93. The molecule has 0 aromatic heterocycles. The van der Waals surface area contributed by atoms with Gasteiger partial charge in [0.2, 0.25) is 0 Å². The van der Waals surface area contributed by atoms with E-state index in [-0.39, 0.29) is 13.2 Å². The first kappa shape index (κ1) is 9.68. The summed E-state index contributed by atoms with van der Waals surface area (Å²) in [5.74, 6) is 0. The molecule has 0 aromatic rings. The highest BCUT2D eigenvalue weighted by atomic mass is 17.1. The van der Waals surface area contributed by atoms with Crippen LogP contribution in [0.1, 0.15) is 0 Å². The quantitative estimate of drug-likeness (QED) is 0.297. The monoisotopic (exact) mass is 156 g/mol. The second-order valence-corrected chi connectivity index (χ2v) is 1.17. The molecule has 0 rings (SSSR count). The highest BCUT2D eigenvalue weighted by molar-refractivity contribution is 4.16. The van der Waals surface area contributed by atoms with Crippen LogP contribution in [0.4, 0.5) is 0 Å². The van der Waals surface area contributed by atoms with E-state index in [1.165, 1.54) is 0 Å². The SMILES string of the molecule is ON(O)OCCON(O)O. The number of hydrogen-bond donors (Lipinski definition) is 4. The fourth-order valence-electron chi connectivity index (χ4n) is 0.238. The summed E-state index contributed by atoms with van der Waals surface area (Å²) >= 11 is 0. The molecular formula is C2H8N2O6. The summed E-state index contributed by atoms with van der Waals surface area (Å²) in [5, 5.41) is 30.5. The van der Waals surface area contributed by atoms with E-state index in [0.29, 0.717) is 0 Å². The zero-order chi connectivity index (χ0) is 7.98. The van der Waals surface area contributed by atoms with Crippen LogP contribution in [0.15, 0.2) is 0 Å². The molecule has 8 nitrogen and oxygen atoms in total. The summed E-state index contributed by atoms with van der Waals surface area (Å²) in [6, 6.07) is 0. The van der Waals surface area contributed by atoms with Gasteiger partial charge >= 0.3 is 0 Å². The Balaban J connectivity index is 2.91. The normalized spacial score (nSPS) is 11.4. The van der Waals surface area contributed by atoms with Crippen molar-refractivity contribution in [1.82, 2.24) is 10.8 Å². The lowest BCUT2D eigenvalue weighted by atomic mass is 10.8.